The average Bonchev–Trinajstić information content (AvgIpc) is 2.95. The highest BCUT2D eigenvalue weighted by atomic mass is 16.6. The predicted molar refractivity (Wildman–Crippen MR) is 97.4 cm³/mol. The van der Waals surface area contributed by atoms with E-state index in [0.29, 0.717) is 38.0 Å². The molecule has 1 fully saturated rings. The Hall–Kier alpha value is -3.06. The lowest BCUT2D eigenvalue weighted by molar-refractivity contribution is 0.0443. The fraction of sp³-hybridized carbons (Fsp3) is 0.263. The molecule has 0 spiro atoms. The summed E-state index contributed by atoms with van der Waals surface area (Å²) in [7, 11) is 0. The molecule has 4 rings (SSSR count). The maximum absolute atomic E-state index is 12.1. The number of benzene rings is 2. The molecule has 1 N–H and O–H groups in total. The van der Waals surface area contributed by atoms with Crippen molar-refractivity contribution in [2.75, 3.05) is 36.5 Å². The number of carbonyl (C=O) groups is 1. The maximum atomic E-state index is 12.1. The molecule has 1 aromatic heterocycles. The minimum absolute atomic E-state index is 0.332. The zero-order valence-electron chi connectivity index (χ0n) is 14.1. The standard InChI is InChI=1S/C19H19N3O4/c23-19(20-14-6-2-1-3-7-14)25-15-12-22(10-11-24-13-15)18-21-16-8-4-5-9-17(16)26-18/h1-9,15H,10-13H2,(H,20,23)/t15-/m1/s1. The number of aromatic nitrogens is 1. The summed E-state index contributed by atoms with van der Waals surface area (Å²) in [6, 6.07) is 17.3. The number of para-hydroxylation sites is 3. The lowest BCUT2D eigenvalue weighted by atomic mass is 10.3. The van der Waals surface area contributed by atoms with Crippen LogP contribution in [0.2, 0.25) is 0 Å². The fourth-order valence-electron chi connectivity index (χ4n) is 2.84. The minimum atomic E-state index is -0.510. The first-order valence-corrected chi connectivity index (χ1v) is 8.49. The van der Waals surface area contributed by atoms with Crippen molar-refractivity contribution in [3.8, 4) is 0 Å². The summed E-state index contributed by atoms with van der Waals surface area (Å²) in [5, 5.41) is 2.71. The molecular formula is C19H19N3O4. The maximum Gasteiger partial charge on any atom is 0.412 e. The topological polar surface area (TPSA) is 76.8 Å². The van der Waals surface area contributed by atoms with E-state index in [0.717, 1.165) is 11.1 Å². The van der Waals surface area contributed by atoms with Gasteiger partial charge in [-0.1, -0.05) is 30.3 Å². The Bertz CT molecular complexity index is 848. The van der Waals surface area contributed by atoms with Crippen molar-refractivity contribution in [3.63, 3.8) is 0 Å². The molecule has 1 amide bonds. The Morgan fingerprint density at radius 1 is 1.15 bits per heavy atom. The number of rotatable bonds is 3. The molecule has 3 aromatic rings. The summed E-state index contributed by atoms with van der Waals surface area (Å²) in [6.07, 6.45) is -0.930. The third-order valence-corrected chi connectivity index (χ3v) is 4.08. The average molecular weight is 353 g/mol. The zero-order chi connectivity index (χ0) is 17.8. The Morgan fingerprint density at radius 2 is 1.96 bits per heavy atom. The second-order valence-corrected chi connectivity index (χ2v) is 6.00. The summed E-state index contributed by atoms with van der Waals surface area (Å²) < 4.78 is 16.9. The molecular weight excluding hydrogens is 334 g/mol. The van der Waals surface area contributed by atoms with Crippen molar-refractivity contribution in [2.24, 2.45) is 0 Å². The van der Waals surface area contributed by atoms with E-state index in [9.17, 15) is 4.79 Å². The van der Waals surface area contributed by atoms with E-state index < -0.39 is 12.2 Å². The first-order valence-electron chi connectivity index (χ1n) is 8.49. The molecule has 7 heteroatoms. The second-order valence-electron chi connectivity index (χ2n) is 6.00. The van der Waals surface area contributed by atoms with Crippen LogP contribution in [-0.4, -0.2) is 43.5 Å². The van der Waals surface area contributed by atoms with E-state index >= 15 is 0 Å². The van der Waals surface area contributed by atoms with Crippen LogP contribution in [0.1, 0.15) is 0 Å². The Balaban J connectivity index is 1.43. The molecule has 0 aliphatic carbocycles. The third-order valence-electron chi connectivity index (χ3n) is 4.08. The quantitative estimate of drug-likeness (QED) is 0.779. The number of nitrogens with zero attached hydrogens (tertiary/aromatic N) is 2. The molecule has 0 radical (unpaired) electrons. The van der Waals surface area contributed by atoms with E-state index in [1.165, 1.54) is 0 Å². The molecule has 2 heterocycles. The van der Waals surface area contributed by atoms with Crippen LogP contribution < -0.4 is 10.2 Å². The van der Waals surface area contributed by atoms with E-state index in [2.05, 4.69) is 10.3 Å². The number of hydrogen-bond acceptors (Lipinski definition) is 6. The van der Waals surface area contributed by atoms with Gasteiger partial charge in [0.05, 0.1) is 19.8 Å². The van der Waals surface area contributed by atoms with Gasteiger partial charge in [-0.3, -0.25) is 5.32 Å². The lowest BCUT2D eigenvalue weighted by Gasteiger charge is -2.21. The van der Waals surface area contributed by atoms with Gasteiger partial charge in [-0.25, -0.2) is 4.79 Å². The molecule has 1 saturated heterocycles. The number of amides is 1. The summed E-state index contributed by atoms with van der Waals surface area (Å²) in [4.78, 5) is 18.6. The normalized spacial score (nSPS) is 17.7. The van der Waals surface area contributed by atoms with Crippen LogP contribution >= 0.6 is 0 Å². The summed E-state index contributed by atoms with van der Waals surface area (Å²) in [6.45, 7) is 1.92. The van der Waals surface area contributed by atoms with Crippen LogP contribution in [0.25, 0.3) is 11.1 Å². The molecule has 0 unspecified atom stereocenters. The van der Waals surface area contributed by atoms with Gasteiger partial charge >= 0.3 is 6.09 Å². The van der Waals surface area contributed by atoms with Crippen molar-refractivity contribution < 1.29 is 18.7 Å². The van der Waals surface area contributed by atoms with E-state index in [4.69, 9.17) is 13.9 Å². The lowest BCUT2D eigenvalue weighted by Crippen LogP contribution is -2.36. The van der Waals surface area contributed by atoms with Crippen molar-refractivity contribution in [1.29, 1.82) is 0 Å². The van der Waals surface area contributed by atoms with Crippen molar-refractivity contribution in [2.45, 2.75) is 6.10 Å². The Labute approximate surface area is 150 Å². The molecule has 0 saturated carbocycles. The number of ether oxygens (including phenoxy) is 2. The Morgan fingerprint density at radius 3 is 2.81 bits per heavy atom. The molecule has 1 aliphatic rings. The van der Waals surface area contributed by atoms with Crippen molar-refractivity contribution in [3.05, 3.63) is 54.6 Å². The van der Waals surface area contributed by atoms with Gasteiger partial charge in [0.15, 0.2) is 5.58 Å². The van der Waals surface area contributed by atoms with Gasteiger partial charge in [-0.05, 0) is 24.3 Å². The highest BCUT2D eigenvalue weighted by molar-refractivity contribution is 5.84. The number of hydrogen-bond donors (Lipinski definition) is 1. The third kappa shape index (κ3) is 3.78. The molecule has 1 aliphatic heterocycles. The number of oxazole rings is 1. The highest BCUT2D eigenvalue weighted by Gasteiger charge is 2.25. The zero-order valence-corrected chi connectivity index (χ0v) is 14.1. The molecule has 2 aromatic carbocycles. The first-order chi connectivity index (χ1) is 12.8. The van der Waals surface area contributed by atoms with Gasteiger partial charge in [0.1, 0.15) is 11.6 Å². The molecule has 0 bridgehead atoms. The number of nitrogens with one attached hydrogen (secondary N) is 1. The second kappa shape index (κ2) is 7.45. The van der Waals surface area contributed by atoms with Crippen LogP contribution in [0.3, 0.4) is 0 Å². The van der Waals surface area contributed by atoms with Gasteiger partial charge in [0.25, 0.3) is 6.01 Å². The summed E-state index contributed by atoms with van der Waals surface area (Å²) in [5.74, 6) is 0. The molecule has 26 heavy (non-hydrogen) atoms. The van der Waals surface area contributed by atoms with Gasteiger partial charge in [0, 0.05) is 12.2 Å². The van der Waals surface area contributed by atoms with Crippen LogP contribution in [0.15, 0.2) is 59.0 Å². The number of anilines is 2. The number of carbonyl (C=O) groups excluding carboxylic acids is 1. The van der Waals surface area contributed by atoms with Crippen LogP contribution in [-0.2, 0) is 9.47 Å². The molecule has 7 nitrogen and oxygen atoms in total. The largest absolute Gasteiger partial charge is 0.442 e. The van der Waals surface area contributed by atoms with Gasteiger partial charge in [-0.15, -0.1) is 0 Å². The smallest absolute Gasteiger partial charge is 0.412 e. The first kappa shape index (κ1) is 16.4. The SMILES string of the molecule is O=C(Nc1ccccc1)O[C@H]1COCCN(c2nc3ccccc3o2)C1. The fourth-order valence-corrected chi connectivity index (χ4v) is 2.84. The van der Waals surface area contributed by atoms with Crippen LogP contribution in [0, 0.1) is 0 Å². The van der Waals surface area contributed by atoms with Gasteiger partial charge in [-0.2, -0.15) is 4.98 Å². The van der Waals surface area contributed by atoms with E-state index in [1.54, 1.807) is 12.1 Å². The predicted octanol–water partition coefficient (Wildman–Crippen LogP) is 3.28. The van der Waals surface area contributed by atoms with Crippen LogP contribution in [0.4, 0.5) is 16.5 Å². The van der Waals surface area contributed by atoms with Crippen molar-refractivity contribution >= 4 is 28.9 Å². The number of fused-ring (bicyclic) bond motifs is 1. The van der Waals surface area contributed by atoms with E-state index in [1.807, 2.05) is 47.4 Å². The van der Waals surface area contributed by atoms with Crippen LogP contribution in [0.5, 0.6) is 0 Å². The monoisotopic (exact) mass is 353 g/mol. The van der Waals surface area contributed by atoms with Gasteiger partial charge < -0.3 is 18.8 Å². The summed E-state index contributed by atoms with van der Waals surface area (Å²) >= 11 is 0. The minimum Gasteiger partial charge on any atom is -0.442 e. The summed E-state index contributed by atoms with van der Waals surface area (Å²) in [5.41, 5.74) is 2.21. The molecule has 134 valence electrons. The van der Waals surface area contributed by atoms with E-state index in [-0.39, 0.29) is 0 Å². The molecule has 1 atom stereocenters. The highest BCUT2D eigenvalue weighted by Crippen LogP contribution is 2.23. The van der Waals surface area contributed by atoms with Gasteiger partial charge in [0.2, 0.25) is 0 Å². The van der Waals surface area contributed by atoms with Crippen molar-refractivity contribution in [1.82, 2.24) is 4.98 Å². The Kier molecular flexibility index (Phi) is 4.70.